The van der Waals surface area contributed by atoms with Crippen molar-refractivity contribution in [1.82, 2.24) is 5.32 Å². The van der Waals surface area contributed by atoms with Crippen LogP contribution in [-0.4, -0.2) is 23.4 Å². The highest BCUT2D eigenvalue weighted by molar-refractivity contribution is 6.31. The molecule has 1 amide bonds. The van der Waals surface area contributed by atoms with E-state index in [9.17, 15) is 14.9 Å². The van der Waals surface area contributed by atoms with Crippen molar-refractivity contribution in [3.05, 3.63) is 33.3 Å². The summed E-state index contributed by atoms with van der Waals surface area (Å²) in [6.45, 7) is 3.34. The summed E-state index contributed by atoms with van der Waals surface area (Å²) in [4.78, 5) is 22.2. The molecule has 18 heavy (non-hydrogen) atoms. The molecule has 0 spiro atoms. The van der Waals surface area contributed by atoms with Crippen molar-refractivity contribution in [3.8, 4) is 0 Å². The van der Waals surface area contributed by atoms with Crippen molar-refractivity contribution in [1.29, 1.82) is 0 Å². The number of likely N-dealkylation sites (N-methyl/N-ethyl adjacent to an activating group) is 1. The van der Waals surface area contributed by atoms with Crippen LogP contribution in [0, 0.1) is 10.1 Å². The van der Waals surface area contributed by atoms with Gasteiger partial charge < -0.3 is 10.6 Å². The molecule has 0 radical (unpaired) electrons. The predicted octanol–water partition coefficient (Wildman–Crippen LogP) is 2.18. The Bertz CT molecular complexity index is 488. The fraction of sp³-hybridized carbons (Fsp3) is 0.364. The molecule has 0 aliphatic carbocycles. The molecule has 0 aromatic heterocycles. The molecule has 98 valence electrons. The van der Waals surface area contributed by atoms with Crippen molar-refractivity contribution < 1.29 is 9.72 Å². The summed E-state index contributed by atoms with van der Waals surface area (Å²) in [7, 11) is 1.63. The monoisotopic (exact) mass is 271 g/mol. The van der Waals surface area contributed by atoms with Crippen molar-refractivity contribution in [2.24, 2.45) is 0 Å². The van der Waals surface area contributed by atoms with Gasteiger partial charge in [-0.25, -0.2) is 0 Å². The van der Waals surface area contributed by atoms with E-state index in [4.69, 9.17) is 11.6 Å². The zero-order valence-electron chi connectivity index (χ0n) is 10.3. The number of amides is 1. The lowest BCUT2D eigenvalue weighted by atomic mass is 10.1. The quantitative estimate of drug-likeness (QED) is 0.649. The molecule has 0 atom stereocenters. The van der Waals surface area contributed by atoms with E-state index in [0.717, 1.165) is 0 Å². The molecule has 7 heteroatoms. The summed E-state index contributed by atoms with van der Waals surface area (Å²) in [5.41, 5.74) is -0.937. The number of nitrogens with zero attached hydrogens (tertiary/aromatic N) is 1. The number of nitro benzene ring substituents is 1. The lowest BCUT2D eigenvalue weighted by Crippen LogP contribution is -2.47. The van der Waals surface area contributed by atoms with Crippen LogP contribution < -0.4 is 10.6 Å². The van der Waals surface area contributed by atoms with Crippen LogP contribution >= 0.6 is 11.6 Å². The van der Waals surface area contributed by atoms with Crippen molar-refractivity contribution >= 4 is 28.9 Å². The molecule has 1 aromatic rings. The minimum absolute atomic E-state index is 0.123. The standard InChI is InChI=1S/C11H14ClN3O3/c1-11(2,13-3)10(16)14-8-5-4-7(12)6-9(8)15(17)18/h4-6,13H,1-3H3,(H,14,16). The third kappa shape index (κ3) is 3.18. The van der Waals surface area contributed by atoms with E-state index in [-0.39, 0.29) is 22.3 Å². The normalized spacial score (nSPS) is 11.1. The molecule has 6 nitrogen and oxygen atoms in total. The van der Waals surface area contributed by atoms with Crippen LogP contribution in [0.5, 0.6) is 0 Å². The van der Waals surface area contributed by atoms with Crippen molar-refractivity contribution in [2.45, 2.75) is 19.4 Å². The average molecular weight is 272 g/mol. The number of hydrogen-bond acceptors (Lipinski definition) is 4. The Morgan fingerprint density at radius 3 is 2.56 bits per heavy atom. The van der Waals surface area contributed by atoms with Gasteiger partial charge in [0.25, 0.3) is 5.69 Å². The van der Waals surface area contributed by atoms with Crippen LogP contribution in [0.1, 0.15) is 13.8 Å². The first-order valence-electron chi connectivity index (χ1n) is 5.22. The lowest BCUT2D eigenvalue weighted by molar-refractivity contribution is -0.383. The fourth-order valence-electron chi connectivity index (χ4n) is 1.15. The molecule has 0 fully saturated rings. The molecule has 0 aliphatic rings. The van der Waals surface area contributed by atoms with E-state index in [2.05, 4.69) is 10.6 Å². The third-order valence-electron chi connectivity index (χ3n) is 2.60. The van der Waals surface area contributed by atoms with Crippen LogP contribution in [0.2, 0.25) is 5.02 Å². The fourth-order valence-corrected chi connectivity index (χ4v) is 1.32. The molecule has 1 aromatic carbocycles. The molecule has 0 aliphatic heterocycles. The first kappa shape index (κ1) is 14.4. The van der Waals surface area contributed by atoms with Gasteiger partial charge in [-0.2, -0.15) is 0 Å². The van der Waals surface area contributed by atoms with Gasteiger partial charge >= 0.3 is 0 Å². The van der Waals surface area contributed by atoms with Gasteiger partial charge in [-0.05, 0) is 33.0 Å². The molecular weight excluding hydrogens is 258 g/mol. The summed E-state index contributed by atoms with van der Waals surface area (Å²) in [6.07, 6.45) is 0. The summed E-state index contributed by atoms with van der Waals surface area (Å²) >= 11 is 5.69. The molecule has 2 N–H and O–H groups in total. The second-order valence-corrected chi connectivity index (χ2v) is 4.68. The zero-order chi connectivity index (χ0) is 13.9. The van der Waals surface area contributed by atoms with Gasteiger partial charge in [0.2, 0.25) is 5.91 Å². The summed E-state index contributed by atoms with van der Waals surface area (Å²) in [6, 6.07) is 4.09. The minimum atomic E-state index is -0.826. The Hall–Kier alpha value is -1.66. The number of nitrogens with one attached hydrogen (secondary N) is 2. The number of benzene rings is 1. The van der Waals surface area contributed by atoms with E-state index >= 15 is 0 Å². The average Bonchev–Trinajstić information content (AvgIpc) is 2.31. The molecule has 0 saturated heterocycles. The van der Waals surface area contributed by atoms with Crippen LogP contribution in [-0.2, 0) is 4.79 Å². The molecule has 0 unspecified atom stereocenters. The highest BCUT2D eigenvalue weighted by atomic mass is 35.5. The molecule has 0 saturated carbocycles. The van der Waals surface area contributed by atoms with Gasteiger partial charge in [0.05, 0.1) is 10.5 Å². The number of nitro groups is 1. The Morgan fingerprint density at radius 2 is 2.06 bits per heavy atom. The van der Waals surface area contributed by atoms with Gasteiger partial charge in [0.1, 0.15) is 5.69 Å². The van der Waals surface area contributed by atoms with Gasteiger partial charge in [-0.15, -0.1) is 0 Å². The summed E-state index contributed by atoms with van der Waals surface area (Å²) < 4.78 is 0. The highest BCUT2D eigenvalue weighted by Crippen LogP contribution is 2.28. The van der Waals surface area contributed by atoms with E-state index < -0.39 is 10.5 Å². The van der Waals surface area contributed by atoms with Gasteiger partial charge in [0, 0.05) is 11.1 Å². The van der Waals surface area contributed by atoms with Crippen molar-refractivity contribution in [2.75, 3.05) is 12.4 Å². The Morgan fingerprint density at radius 1 is 1.44 bits per heavy atom. The largest absolute Gasteiger partial charge is 0.319 e. The SMILES string of the molecule is CNC(C)(C)C(=O)Nc1ccc(Cl)cc1[N+](=O)[O-]. The molecule has 0 heterocycles. The van der Waals surface area contributed by atoms with E-state index in [1.54, 1.807) is 20.9 Å². The lowest BCUT2D eigenvalue weighted by Gasteiger charge is -2.22. The highest BCUT2D eigenvalue weighted by Gasteiger charge is 2.27. The number of anilines is 1. The third-order valence-corrected chi connectivity index (χ3v) is 2.83. The second-order valence-electron chi connectivity index (χ2n) is 4.25. The van der Waals surface area contributed by atoms with E-state index in [1.807, 2.05) is 0 Å². The first-order valence-corrected chi connectivity index (χ1v) is 5.60. The maximum Gasteiger partial charge on any atom is 0.294 e. The number of carbonyl (C=O) groups is 1. The van der Waals surface area contributed by atoms with E-state index in [1.165, 1.54) is 18.2 Å². The molecule has 1 rings (SSSR count). The summed E-state index contributed by atoms with van der Waals surface area (Å²) in [5.74, 6) is -0.365. The van der Waals surface area contributed by atoms with Crippen LogP contribution in [0.15, 0.2) is 18.2 Å². The van der Waals surface area contributed by atoms with E-state index in [0.29, 0.717) is 0 Å². The summed E-state index contributed by atoms with van der Waals surface area (Å²) in [5, 5.41) is 16.4. The topological polar surface area (TPSA) is 84.3 Å². The first-order chi connectivity index (χ1) is 8.27. The van der Waals surface area contributed by atoms with Gasteiger partial charge in [-0.1, -0.05) is 11.6 Å². The maximum absolute atomic E-state index is 11.9. The second kappa shape index (κ2) is 5.32. The predicted molar refractivity (Wildman–Crippen MR) is 69.9 cm³/mol. The minimum Gasteiger partial charge on any atom is -0.319 e. The Kier molecular flexibility index (Phi) is 4.26. The van der Waals surface area contributed by atoms with Gasteiger partial charge in [0.15, 0.2) is 0 Å². The maximum atomic E-state index is 11.9. The number of carbonyl (C=O) groups excluding carboxylic acids is 1. The number of hydrogen-bond donors (Lipinski definition) is 2. The van der Waals surface area contributed by atoms with Crippen LogP contribution in [0.25, 0.3) is 0 Å². The zero-order valence-corrected chi connectivity index (χ0v) is 11.0. The van der Waals surface area contributed by atoms with Crippen LogP contribution in [0.4, 0.5) is 11.4 Å². The Balaban J connectivity index is 3.05. The number of rotatable bonds is 4. The van der Waals surface area contributed by atoms with Crippen molar-refractivity contribution in [3.63, 3.8) is 0 Å². The number of halogens is 1. The van der Waals surface area contributed by atoms with Crippen LogP contribution in [0.3, 0.4) is 0 Å². The molecule has 0 bridgehead atoms. The molecular formula is C11H14ClN3O3. The smallest absolute Gasteiger partial charge is 0.294 e. The Labute approximate surface area is 109 Å². The van der Waals surface area contributed by atoms with Gasteiger partial charge in [-0.3, -0.25) is 14.9 Å².